The van der Waals surface area contributed by atoms with Crippen LogP contribution in [0.1, 0.15) is 16.8 Å². The van der Waals surface area contributed by atoms with Gasteiger partial charge in [0.25, 0.3) is 0 Å². The normalized spacial score (nSPS) is 17.4. The lowest BCUT2D eigenvalue weighted by molar-refractivity contribution is -0.119. The summed E-state index contributed by atoms with van der Waals surface area (Å²) < 4.78 is 0.568. The Kier molecular flexibility index (Phi) is 4.23. The van der Waals surface area contributed by atoms with Crippen molar-refractivity contribution in [2.24, 2.45) is 0 Å². The first kappa shape index (κ1) is 14.3. The maximum atomic E-state index is 11.8. The molecule has 1 fully saturated rings. The van der Waals surface area contributed by atoms with E-state index in [2.05, 4.69) is 31.9 Å². The number of urea groups is 1. The minimum Gasteiger partial charge on any atom is -0.478 e. The monoisotopic (exact) mass is 341 g/mol. The average Bonchev–Trinajstić information content (AvgIpc) is 2.77. The summed E-state index contributed by atoms with van der Waals surface area (Å²) in [6, 6.07) is 3.57. The van der Waals surface area contributed by atoms with Crippen LogP contribution in [0.2, 0.25) is 0 Å². The van der Waals surface area contributed by atoms with Crippen LogP contribution in [0, 0.1) is 0 Å². The van der Waals surface area contributed by atoms with Crippen molar-refractivity contribution in [3.8, 4) is 0 Å². The smallest absolute Gasteiger partial charge is 0.335 e. The highest BCUT2D eigenvalue weighted by molar-refractivity contribution is 9.10. The van der Waals surface area contributed by atoms with Crippen molar-refractivity contribution in [3.63, 3.8) is 0 Å². The molecule has 20 heavy (non-hydrogen) atoms. The van der Waals surface area contributed by atoms with Gasteiger partial charge in [0, 0.05) is 17.4 Å². The number of aromatic carboxylic acids is 1. The van der Waals surface area contributed by atoms with Crippen LogP contribution in [-0.4, -0.2) is 35.6 Å². The maximum absolute atomic E-state index is 11.8. The number of amides is 3. The zero-order chi connectivity index (χ0) is 14.7. The van der Waals surface area contributed by atoms with Gasteiger partial charge in [0.05, 0.1) is 17.3 Å². The third kappa shape index (κ3) is 3.47. The third-order valence-electron chi connectivity index (χ3n) is 2.77. The lowest BCUT2D eigenvalue weighted by Gasteiger charge is -2.13. The Labute approximate surface area is 122 Å². The molecular formula is C12H12BrN3O4. The molecule has 8 heteroatoms. The van der Waals surface area contributed by atoms with Crippen molar-refractivity contribution in [2.45, 2.75) is 12.5 Å². The topological polar surface area (TPSA) is 108 Å². The molecule has 1 aliphatic heterocycles. The first-order valence-corrected chi connectivity index (χ1v) is 6.62. The molecule has 4 N–H and O–H groups in total. The summed E-state index contributed by atoms with van der Waals surface area (Å²) in [5.74, 6) is -1.18. The number of nitrogens with one attached hydrogen (secondary N) is 3. The molecule has 7 nitrogen and oxygen atoms in total. The number of rotatable bonds is 3. The molecule has 1 atom stereocenters. The number of carbonyl (C=O) groups excluding carboxylic acids is 2. The highest BCUT2D eigenvalue weighted by atomic mass is 79.9. The zero-order valence-electron chi connectivity index (χ0n) is 10.3. The first-order valence-electron chi connectivity index (χ1n) is 5.83. The van der Waals surface area contributed by atoms with E-state index in [-0.39, 0.29) is 23.9 Å². The molecule has 1 aromatic rings. The van der Waals surface area contributed by atoms with Crippen molar-refractivity contribution in [1.82, 2.24) is 10.6 Å². The molecule has 1 unspecified atom stereocenters. The van der Waals surface area contributed by atoms with Crippen molar-refractivity contribution >= 4 is 39.5 Å². The molecule has 106 valence electrons. The number of carboxylic acids is 1. The Morgan fingerprint density at radius 2 is 2.15 bits per heavy atom. The summed E-state index contributed by atoms with van der Waals surface area (Å²) in [5.41, 5.74) is 0.417. The van der Waals surface area contributed by atoms with Gasteiger partial charge in [0.1, 0.15) is 0 Å². The van der Waals surface area contributed by atoms with Crippen LogP contribution in [0.25, 0.3) is 0 Å². The number of benzene rings is 1. The van der Waals surface area contributed by atoms with E-state index in [9.17, 15) is 14.4 Å². The first-order chi connectivity index (χ1) is 9.45. The molecular weight excluding hydrogens is 330 g/mol. The molecule has 0 aliphatic carbocycles. The van der Waals surface area contributed by atoms with Crippen molar-refractivity contribution in [3.05, 3.63) is 28.2 Å². The fraction of sp³-hybridized carbons (Fsp3) is 0.250. The van der Waals surface area contributed by atoms with Gasteiger partial charge in [-0.15, -0.1) is 0 Å². The second-order valence-electron chi connectivity index (χ2n) is 4.30. The molecule has 0 radical (unpaired) electrons. The number of anilines is 1. The molecule has 0 spiro atoms. The van der Waals surface area contributed by atoms with E-state index < -0.39 is 12.0 Å². The van der Waals surface area contributed by atoms with E-state index in [1.165, 1.54) is 12.1 Å². The third-order valence-corrected chi connectivity index (χ3v) is 3.47. The van der Waals surface area contributed by atoms with Crippen LogP contribution in [0.15, 0.2) is 22.7 Å². The second kappa shape index (κ2) is 5.91. The lowest BCUT2D eigenvalue weighted by Crippen LogP contribution is -2.39. The predicted octanol–water partition coefficient (Wildman–Crippen LogP) is 1.16. The number of hydrogen-bond donors (Lipinski definition) is 4. The number of halogens is 1. The number of hydrogen-bond acceptors (Lipinski definition) is 3. The van der Waals surface area contributed by atoms with Crippen LogP contribution < -0.4 is 16.0 Å². The molecule has 2 rings (SSSR count). The molecule has 0 saturated carbocycles. The standard InChI is InChI=1S/C12H12BrN3O4/c13-8-2-1-6(11(18)19)3-9(8)16-12(20)15-7-4-10(17)14-5-7/h1-3,7H,4-5H2,(H,14,17)(H,18,19)(H2,15,16,20). The second-order valence-corrected chi connectivity index (χ2v) is 5.16. The van der Waals surface area contributed by atoms with Gasteiger partial charge in [-0.25, -0.2) is 9.59 Å². The molecule has 1 heterocycles. The fourth-order valence-electron chi connectivity index (χ4n) is 1.81. The van der Waals surface area contributed by atoms with Gasteiger partial charge in [-0.1, -0.05) is 0 Å². The molecule has 1 aliphatic rings. The van der Waals surface area contributed by atoms with E-state index in [0.29, 0.717) is 16.7 Å². The Bertz CT molecular complexity index is 576. The zero-order valence-corrected chi connectivity index (χ0v) is 11.9. The van der Waals surface area contributed by atoms with Gasteiger partial charge >= 0.3 is 12.0 Å². The molecule has 1 aromatic carbocycles. The summed E-state index contributed by atoms with van der Waals surface area (Å²) in [5, 5.41) is 16.7. The summed E-state index contributed by atoms with van der Waals surface area (Å²) in [4.78, 5) is 33.7. The fourth-order valence-corrected chi connectivity index (χ4v) is 2.15. The van der Waals surface area contributed by atoms with Crippen LogP contribution in [0.4, 0.5) is 10.5 Å². The summed E-state index contributed by atoms with van der Waals surface area (Å²) >= 11 is 3.23. The van der Waals surface area contributed by atoms with Gasteiger partial charge in [-0.3, -0.25) is 4.79 Å². The minimum atomic E-state index is -1.08. The van der Waals surface area contributed by atoms with Crippen LogP contribution in [0.5, 0.6) is 0 Å². The van der Waals surface area contributed by atoms with E-state index in [1.54, 1.807) is 6.07 Å². The van der Waals surface area contributed by atoms with Crippen molar-refractivity contribution in [1.29, 1.82) is 0 Å². The highest BCUT2D eigenvalue weighted by Gasteiger charge is 2.23. The number of carboxylic acid groups (broad SMARTS) is 1. The molecule has 1 saturated heterocycles. The minimum absolute atomic E-state index is 0.0706. The highest BCUT2D eigenvalue weighted by Crippen LogP contribution is 2.23. The van der Waals surface area contributed by atoms with Crippen LogP contribution in [0.3, 0.4) is 0 Å². The Morgan fingerprint density at radius 1 is 1.40 bits per heavy atom. The van der Waals surface area contributed by atoms with Gasteiger partial charge in [-0.05, 0) is 34.1 Å². The summed E-state index contributed by atoms with van der Waals surface area (Å²) in [7, 11) is 0. The Morgan fingerprint density at radius 3 is 2.75 bits per heavy atom. The van der Waals surface area contributed by atoms with E-state index in [1.807, 2.05) is 0 Å². The maximum Gasteiger partial charge on any atom is 0.335 e. The van der Waals surface area contributed by atoms with Crippen molar-refractivity contribution in [2.75, 3.05) is 11.9 Å². The Balaban J connectivity index is 2.02. The van der Waals surface area contributed by atoms with E-state index in [0.717, 1.165) is 0 Å². The van der Waals surface area contributed by atoms with E-state index in [4.69, 9.17) is 5.11 Å². The lowest BCUT2D eigenvalue weighted by atomic mass is 10.2. The van der Waals surface area contributed by atoms with E-state index >= 15 is 0 Å². The summed E-state index contributed by atoms with van der Waals surface area (Å²) in [6.45, 7) is 0.391. The van der Waals surface area contributed by atoms with Gasteiger partial charge < -0.3 is 21.1 Å². The molecule has 3 amide bonds. The van der Waals surface area contributed by atoms with Gasteiger partial charge in [0.2, 0.25) is 5.91 Å². The predicted molar refractivity (Wildman–Crippen MR) is 74.7 cm³/mol. The average molecular weight is 342 g/mol. The Hall–Kier alpha value is -2.09. The molecule has 0 bridgehead atoms. The quantitative estimate of drug-likeness (QED) is 0.661. The van der Waals surface area contributed by atoms with Crippen molar-refractivity contribution < 1.29 is 19.5 Å². The van der Waals surface area contributed by atoms with Gasteiger partial charge in [0.15, 0.2) is 0 Å². The summed E-state index contributed by atoms with van der Waals surface area (Å²) in [6.07, 6.45) is 0.240. The van der Waals surface area contributed by atoms with Gasteiger partial charge in [-0.2, -0.15) is 0 Å². The van der Waals surface area contributed by atoms with Crippen LogP contribution in [-0.2, 0) is 4.79 Å². The van der Waals surface area contributed by atoms with Crippen LogP contribution >= 0.6 is 15.9 Å². The number of carbonyl (C=O) groups is 3. The molecule has 0 aromatic heterocycles. The SMILES string of the molecule is O=C1CC(NC(=O)Nc2cc(C(=O)O)ccc2Br)CN1. The largest absolute Gasteiger partial charge is 0.478 e.